The van der Waals surface area contributed by atoms with Gasteiger partial charge in [0.05, 0.1) is 13.1 Å². The topological polar surface area (TPSA) is 61.4 Å². The summed E-state index contributed by atoms with van der Waals surface area (Å²) < 4.78 is 0. The van der Waals surface area contributed by atoms with Gasteiger partial charge in [0.1, 0.15) is 0 Å². The van der Waals surface area contributed by atoms with Crippen molar-refractivity contribution in [1.29, 1.82) is 0 Å². The van der Waals surface area contributed by atoms with E-state index in [0.717, 1.165) is 0 Å². The molecule has 6 heteroatoms. The van der Waals surface area contributed by atoms with Crippen LogP contribution in [0.3, 0.4) is 0 Å². The Morgan fingerprint density at radius 2 is 2.00 bits per heavy atom. The van der Waals surface area contributed by atoms with Crippen LogP contribution in [0.4, 0.5) is 0 Å². The predicted molar refractivity (Wildman–Crippen MR) is 46.4 cm³/mol. The minimum absolute atomic E-state index is 0.144. The Morgan fingerprint density at radius 1 is 1.50 bits per heavy atom. The molecule has 5 nitrogen and oxygen atoms in total. The smallest absolute Gasteiger partial charge is 0.246 e. The molecule has 0 atom stereocenters. The van der Waals surface area contributed by atoms with Crippen molar-refractivity contribution < 1.29 is 9.59 Å². The molecule has 1 fully saturated rings. The van der Waals surface area contributed by atoms with Gasteiger partial charge in [0.2, 0.25) is 11.8 Å². The summed E-state index contributed by atoms with van der Waals surface area (Å²) in [5, 5.41) is 5.30. The SMILES string of the molecule is CNC(=S)N1CC(=O)NC(=O)C1. The zero-order valence-electron chi connectivity index (χ0n) is 6.59. The first-order valence-electron chi connectivity index (χ1n) is 3.43. The van der Waals surface area contributed by atoms with Crippen LogP contribution in [0.15, 0.2) is 0 Å². The van der Waals surface area contributed by atoms with Crippen LogP contribution in [0.2, 0.25) is 0 Å². The molecule has 66 valence electrons. The number of hydrogen-bond acceptors (Lipinski definition) is 3. The Hall–Kier alpha value is -1.17. The molecule has 0 spiro atoms. The summed E-state index contributed by atoms with van der Waals surface area (Å²) in [5.41, 5.74) is 0. The Kier molecular flexibility index (Phi) is 2.59. The quantitative estimate of drug-likeness (QED) is 0.355. The largest absolute Gasteiger partial charge is 0.366 e. The number of nitrogens with one attached hydrogen (secondary N) is 2. The molecule has 1 aliphatic rings. The van der Waals surface area contributed by atoms with E-state index < -0.39 is 0 Å². The highest BCUT2D eigenvalue weighted by Gasteiger charge is 2.23. The molecule has 1 aliphatic heterocycles. The Balaban J connectivity index is 2.61. The average Bonchev–Trinajstić information content (AvgIpc) is 2.01. The number of hydrogen-bond donors (Lipinski definition) is 2. The van der Waals surface area contributed by atoms with Crippen LogP contribution in [0.25, 0.3) is 0 Å². The molecular formula is C6H9N3O2S. The third kappa shape index (κ3) is 1.91. The van der Waals surface area contributed by atoms with E-state index in [1.165, 1.54) is 4.90 Å². The lowest BCUT2D eigenvalue weighted by atomic mass is 10.3. The number of amides is 2. The van der Waals surface area contributed by atoms with Gasteiger partial charge in [-0.05, 0) is 12.2 Å². The molecule has 1 saturated heterocycles. The highest BCUT2D eigenvalue weighted by Crippen LogP contribution is 1.94. The molecule has 2 N–H and O–H groups in total. The number of nitrogens with zero attached hydrogens (tertiary/aromatic N) is 1. The van der Waals surface area contributed by atoms with Crippen LogP contribution in [0.5, 0.6) is 0 Å². The van der Waals surface area contributed by atoms with Crippen LogP contribution in [0, 0.1) is 0 Å². The van der Waals surface area contributed by atoms with E-state index in [1.54, 1.807) is 7.05 Å². The van der Waals surface area contributed by atoms with Crippen molar-refractivity contribution in [3.63, 3.8) is 0 Å². The van der Waals surface area contributed by atoms with Crippen molar-refractivity contribution in [2.75, 3.05) is 20.1 Å². The molecule has 1 rings (SSSR count). The second-order valence-corrected chi connectivity index (χ2v) is 2.77. The standard InChI is InChI=1S/C6H9N3O2S/c1-7-6(12)9-2-4(10)8-5(11)3-9/h2-3H2,1H3,(H,7,12)(H,8,10,11). The van der Waals surface area contributed by atoms with E-state index in [0.29, 0.717) is 5.11 Å². The van der Waals surface area contributed by atoms with E-state index in [4.69, 9.17) is 12.2 Å². The van der Waals surface area contributed by atoms with E-state index in [-0.39, 0.29) is 24.9 Å². The number of thiocarbonyl (C=S) groups is 1. The maximum atomic E-state index is 10.8. The molecule has 1 heterocycles. The van der Waals surface area contributed by atoms with Crippen molar-refractivity contribution in [3.05, 3.63) is 0 Å². The summed E-state index contributed by atoms with van der Waals surface area (Å²) in [6.45, 7) is 0.289. The van der Waals surface area contributed by atoms with Crippen molar-refractivity contribution >= 4 is 29.1 Å². The van der Waals surface area contributed by atoms with Crippen molar-refractivity contribution in [1.82, 2.24) is 15.5 Å². The minimum Gasteiger partial charge on any atom is -0.366 e. The predicted octanol–water partition coefficient (Wildman–Crippen LogP) is -1.55. The van der Waals surface area contributed by atoms with Gasteiger partial charge in [-0.3, -0.25) is 14.9 Å². The van der Waals surface area contributed by atoms with Crippen LogP contribution >= 0.6 is 12.2 Å². The van der Waals surface area contributed by atoms with E-state index in [2.05, 4.69) is 10.6 Å². The fourth-order valence-electron chi connectivity index (χ4n) is 0.939. The van der Waals surface area contributed by atoms with Crippen molar-refractivity contribution in [3.8, 4) is 0 Å². The number of rotatable bonds is 0. The molecule has 0 aromatic heterocycles. The zero-order chi connectivity index (χ0) is 9.14. The molecule has 0 radical (unpaired) electrons. The Morgan fingerprint density at radius 3 is 2.42 bits per heavy atom. The summed E-state index contributed by atoms with van der Waals surface area (Å²) in [5.74, 6) is -0.632. The molecule has 0 aromatic rings. The van der Waals surface area contributed by atoms with Gasteiger partial charge in [-0.15, -0.1) is 0 Å². The average molecular weight is 187 g/mol. The number of carbonyl (C=O) groups excluding carboxylic acids is 2. The maximum Gasteiger partial charge on any atom is 0.246 e. The molecule has 0 saturated carbocycles. The lowest BCUT2D eigenvalue weighted by molar-refractivity contribution is -0.134. The first kappa shape index (κ1) is 8.92. The summed E-state index contributed by atoms with van der Waals surface area (Å²) in [4.78, 5) is 23.2. The zero-order valence-corrected chi connectivity index (χ0v) is 7.40. The van der Waals surface area contributed by atoms with Crippen LogP contribution < -0.4 is 10.6 Å². The molecule has 0 aromatic carbocycles. The monoisotopic (exact) mass is 187 g/mol. The molecular weight excluding hydrogens is 178 g/mol. The molecule has 2 amide bonds. The normalized spacial score (nSPS) is 17.2. The minimum atomic E-state index is -0.316. The van der Waals surface area contributed by atoms with Gasteiger partial charge in [0.25, 0.3) is 0 Å². The van der Waals surface area contributed by atoms with Gasteiger partial charge in [-0.1, -0.05) is 0 Å². The third-order valence-electron chi connectivity index (χ3n) is 1.45. The van der Waals surface area contributed by atoms with E-state index in [1.807, 2.05) is 0 Å². The summed E-state index contributed by atoms with van der Waals surface area (Å²) >= 11 is 4.86. The second-order valence-electron chi connectivity index (χ2n) is 2.38. The molecule has 0 unspecified atom stereocenters. The fourth-order valence-corrected chi connectivity index (χ4v) is 1.07. The van der Waals surface area contributed by atoms with Gasteiger partial charge < -0.3 is 10.2 Å². The summed E-state index contributed by atoms with van der Waals surface area (Å²) in [6, 6.07) is 0. The number of piperazine rings is 1. The van der Waals surface area contributed by atoms with Crippen LogP contribution in [-0.4, -0.2) is 42.0 Å². The van der Waals surface area contributed by atoms with Crippen LogP contribution in [0.1, 0.15) is 0 Å². The maximum absolute atomic E-state index is 10.8. The van der Waals surface area contributed by atoms with E-state index >= 15 is 0 Å². The second kappa shape index (κ2) is 3.48. The van der Waals surface area contributed by atoms with Gasteiger partial charge in [0.15, 0.2) is 5.11 Å². The summed E-state index contributed by atoms with van der Waals surface area (Å²) in [6.07, 6.45) is 0. The first-order valence-corrected chi connectivity index (χ1v) is 3.83. The van der Waals surface area contributed by atoms with Gasteiger partial charge in [-0.25, -0.2) is 0 Å². The molecule has 0 bridgehead atoms. The Labute approximate surface area is 75.1 Å². The van der Waals surface area contributed by atoms with Crippen molar-refractivity contribution in [2.45, 2.75) is 0 Å². The molecule has 0 aliphatic carbocycles. The summed E-state index contributed by atoms with van der Waals surface area (Å²) in [7, 11) is 1.65. The van der Waals surface area contributed by atoms with Gasteiger partial charge in [0, 0.05) is 7.05 Å². The molecule has 12 heavy (non-hydrogen) atoms. The fraction of sp³-hybridized carbons (Fsp3) is 0.500. The number of carbonyl (C=O) groups is 2. The lowest BCUT2D eigenvalue weighted by Crippen LogP contribution is -2.55. The van der Waals surface area contributed by atoms with Crippen molar-refractivity contribution in [2.24, 2.45) is 0 Å². The van der Waals surface area contributed by atoms with Gasteiger partial charge >= 0.3 is 0 Å². The van der Waals surface area contributed by atoms with E-state index in [9.17, 15) is 9.59 Å². The lowest BCUT2D eigenvalue weighted by Gasteiger charge is -2.26. The van der Waals surface area contributed by atoms with Crippen LogP contribution in [-0.2, 0) is 9.59 Å². The first-order chi connectivity index (χ1) is 5.63. The van der Waals surface area contributed by atoms with Gasteiger partial charge in [-0.2, -0.15) is 0 Å². The number of imide groups is 1. The Bertz CT molecular complexity index is 225. The highest BCUT2D eigenvalue weighted by atomic mass is 32.1. The highest BCUT2D eigenvalue weighted by molar-refractivity contribution is 7.80. The third-order valence-corrected chi connectivity index (χ3v) is 1.91.